The largest absolute Gasteiger partial charge is 0.333 e. The molecule has 0 bridgehead atoms. The van der Waals surface area contributed by atoms with E-state index < -0.39 is 17.7 Å². The number of aromatic nitrogens is 5. The summed E-state index contributed by atoms with van der Waals surface area (Å²) in [6, 6.07) is 12.7. The van der Waals surface area contributed by atoms with Crippen LogP contribution in [0.4, 0.5) is 19.4 Å². The van der Waals surface area contributed by atoms with Gasteiger partial charge in [0.05, 0.1) is 24.5 Å². The van der Waals surface area contributed by atoms with Crippen molar-refractivity contribution in [3.8, 4) is 16.9 Å². The molecule has 12 heteroatoms. The number of likely N-dealkylation sites (tertiary alicyclic amines) is 1. The van der Waals surface area contributed by atoms with E-state index in [0.29, 0.717) is 36.7 Å². The highest BCUT2D eigenvalue weighted by atomic mass is 32.1. The first-order valence-corrected chi connectivity index (χ1v) is 14.0. The minimum atomic E-state index is -0.908. The maximum atomic E-state index is 14.2. The lowest BCUT2D eigenvalue weighted by molar-refractivity contribution is 0.246. The van der Waals surface area contributed by atoms with Crippen LogP contribution in [-0.2, 0) is 13.6 Å². The number of halogens is 2. The van der Waals surface area contributed by atoms with Gasteiger partial charge < -0.3 is 5.32 Å². The van der Waals surface area contributed by atoms with Crippen LogP contribution in [0.15, 0.2) is 72.5 Å². The van der Waals surface area contributed by atoms with E-state index >= 15 is 0 Å². The standard InChI is InChI=1S/C29H28F2N8OS/c1-18-27(20-13-33-37(2)14-20)36-39(21-6-4-3-5-7-21)28(18)35-29(40)34-25-16-38(17-26-32-10-11-41-26)15-22(25)19-8-9-23(30)24(31)12-19/h3-14,22,25H,15-17H2,1-2H3,(H2,34,35,40)/t22-,25+/m0/s1. The van der Waals surface area contributed by atoms with Gasteiger partial charge in [-0.1, -0.05) is 24.3 Å². The average Bonchev–Trinajstić information content (AvgIpc) is 3.76. The molecule has 1 saturated heterocycles. The normalized spacial score (nSPS) is 17.2. The monoisotopic (exact) mass is 574 g/mol. The quantitative estimate of drug-likeness (QED) is 0.282. The lowest BCUT2D eigenvalue weighted by atomic mass is 9.94. The number of carbonyl (C=O) groups is 1. The molecular formula is C29H28F2N8OS. The van der Waals surface area contributed by atoms with E-state index in [0.717, 1.165) is 27.9 Å². The zero-order valence-electron chi connectivity index (χ0n) is 22.5. The summed E-state index contributed by atoms with van der Waals surface area (Å²) in [7, 11) is 1.84. The number of hydrogen-bond acceptors (Lipinski definition) is 6. The fraction of sp³-hybridized carbons (Fsp3) is 0.241. The highest BCUT2D eigenvalue weighted by Crippen LogP contribution is 2.32. The van der Waals surface area contributed by atoms with Gasteiger partial charge >= 0.3 is 6.03 Å². The minimum absolute atomic E-state index is 0.248. The van der Waals surface area contributed by atoms with Crippen LogP contribution in [0.1, 0.15) is 22.1 Å². The lowest BCUT2D eigenvalue weighted by Crippen LogP contribution is -2.42. The van der Waals surface area contributed by atoms with Gasteiger partial charge in [-0.2, -0.15) is 10.2 Å². The summed E-state index contributed by atoms with van der Waals surface area (Å²) in [6.45, 7) is 3.59. The number of amides is 2. The Morgan fingerprint density at radius 3 is 2.66 bits per heavy atom. The molecule has 0 spiro atoms. The van der Waals surface area contributed by atoms with E-state index in [4.69, 9.17) is 5.10 Å². The Morgan fingerprint density at radius 1 is 1.12 bits per heavy atom. The molecule has 2 amide bonds. The smallest absolute Gasteiger partial charge is 0.320 e. The number of thiazole rings is 1. The molecule has 2 N–H and O–H groups in total. The van der Waals surface area contributed by atoms with Crippen LogP contribution in [0, 0.1) is 18.6 Å². The molecule has 2 aromatic carbocycles. The Morgan fingerprint density at radius 2 is 1.95 bits per heavy atom. The molecule has 0 aliphatic carbocycles. The Bertz CT molecular complexity index is 1670. The van der Waals surface area contributed by atoms with E-state index in [-0.39, 0.29) is 12.0 Å². The lowest BCUT2D eigenvalue weighted by Gasteiger charge is -2.21. The molecule has 6 rings (SSSR count). The number of nitrogens with zero attached hydrogens (tertiary/aromatic N) is 6. The molecule has 1 aliphatic heterocycles. The van der Waals surface area contributed by atoms with Gasteiger partial charge in [0.25, 0.3) is 0 Å². The second-order valence-corrected chi connectivity index (χ2v) is 11.1. The van der Waals surface area contributed by atoms with E-state index in [2.05, 4.69) is 25.6 Å². The molecule has 1 fully saturated rings. The van der Waals surface area contributed by atoms with Crippen molar-refractivity contribution in [1.29, 1.82) is 0 Å². The maximum Gasteiger partial charge on any atom is 0.320 e. The molecule has 2 atom stereocenters. The van der Waals surface area contributed by atoms with Crippen molar-refractivity contribution in [2.24, 2.45) is 7.05 Å². The van der Waals surface area contributed by atoms with Crippen LogP contribution >= 0.6 is 11.3 Å². The molecule has 5 aromatic rings. The summed E-state index contributed by atoms with van der Waals surface area (Å²) in [4.78, 5) is 20.1. The fourth-order valence-corrected chi connectivity index (χ4v) is 5.95. The van der Waals surface area contributed by atoms with Crippen molar-refractivity contribution in [3.05, 3.63) is 100 Å². The van der Waals surface area contributed by atoms with Gasteiger partial charge in [-0.05, 0) is 36.8 Å². The van der Waals surface area contributed by atoms with Gasteiger partial charge in [0.2, 0.25) is 0 Å². The number of urea groups is 1. The maximum absolute atomic E-state index is 14.2. The number of rotatable bonds is 7. The highest BCUT2D eigenvalue weighted by Gasteiger charge is 2.36. The van der Waals surface area contributed by atoms with E-state index in [9.17, 15) is 13.6 Å². The predicted molar refractivity (Wildman–Crippen MR) is 153 cm³/mol. The molecule has 0 unspecified atom stereocenters. The zero-order valence-corrected chi connectivity index (χ0v) is 23.3. The number of aryl methyl sites for hydroxylation is 1. The molecule has 1 aliphatic rings. The topological polar surface area (TPSA) is 92.9 Å². The first-order valence-electron chi connectivity index (χ1n) is 13.1. The Balaban J connectivity index is 1.28. The predicted octanol–water partition coefficient (Wildman–Crippen LogP) is 5.11. The third-order valence-corrected chi connectivity index (χ3v) is 8.02. The number of para-hydroxylation sites is 1. The van der Waals surface area contributed by atoms with Crippen LogP contribution in [0.25, 0.3) is 16.9 Å². The molecule has 210 valence electrons. The molecule has 0 saturated carbocycles. The molecule has 0 radical (unpaired) electrons. The van der Waals surface area contributed by atoms with Crippen molar-refractivity contribution < 1.29 is 13.6 Å². The summed E-state index contributed by atoms with van der Waals surface area (Å²) < 4.78 is 31.3. The molecule has 9 nitrogen and oxygen atoms in total. The molecule has 3 aromatic heterocycles. The van der Waals surface area contributed by atoms with E-state index in [1.54, 1.807) is 39.2 Å². The van der Waals surface area contributed by atoms with Crippen LogP contribution < -0.4 is 10.6 Å². The second-order valence-electron chi connectivity index (χ2n) is 10.1. The molecule has 41 heavy (non-hydrogen) atoms. The van der Waals surface area contributed by atoms with Crippen molar-refractivity contribution >= 4 is 23.2 Å². The Kier molecular flexibility index (Phi) is 7.33. The minimum Gasteiger partial charge on any atom is -0.333 e. The van der Waals surface area contributed by atoms with E-state index in [1.807, 2.05) is 55.9 Å². The zero-order chi connectivity index (χ0) is 28.5. The van der Waals surface area contributed by atoms with Crippen LogP contribution in [0.5, 0.6) is 0 Å². The first-order chi connectivity index (χ1) is 19.9. The van der Waals surface area contributed by atoms with Crippen LogP contribution in [-0.4, -0.2) is 54.6 Å². The SMILES string of the molecule is Cc1c(-c2cnn(C)c2)nn(-c2ccccc2)c1NC(=O)N[C@@H]1CN(Cc2nccs2)C[C@H]1c1ccc(F)c(F)c1. The van der Waals surface area contributed by atoms with E-state index in [1.165, 1.54) is 6.07 Å². The third kappa shape index (κ3) is 5.61. The summed E-state index contributed by atoms with van der Waals surface area (Å²) in [5.74, 6) is -1.53. The van der Waals surface area contributed by atoms with Crippen LogP contribution in [0.2, 0.25) is 0 Å². The molecule has 4 heterocycles. The number of carbonyl (C=O) groups excluding carboxylic acids is 1. The third-order valence-electron chi connectivity index (χ3n) is 7.26. The van der Waals surface area contributed by atoms with Crippen LogP contribution in [0.3, 0.4) is 0 Å². The summed E-state index contributed by atoms with van der Waals surface area (Å²) >= 11 is 1.55. The van der Waals surface area contributed by atoms with Gasteiger partial charge in [-0.25, -0.2) is 23.2 Å². The number of benzene rings is 2. The molecular weight excluding hydrogens is 546 g/mol. The highest BCUT2D eigenvalue weighted by molar-refractivity contribution is 7.09. The Labute approximate surface area is 239 Å². The van der Waals surface area contributed by atoms with Gasteiger partial charge in [0.1, 0.15) is 16.5 Å². The second kappa shape index (κ2) is 11.2. The van der Waals surface area contributed by atoms with Gasteiger partial charge in [-0.3, -0.25) is 14.9 Å². The van der Waals surface area contributed by atoms with Crippen molar-refractivity contribution in [2.75, 3.05) is 18.4 Å². The first kappa shape index (κ1) is 26.8. The fourth-order valence-electron chi connectivity index (χ4n) is 5.29. The van der Waals surface area contributed by atoms with Crippen molar-refractivity contribution in [1.82, 2.24) is 34.8 Å². The number of anilines is 1. The van der Waals surface area contributed by atoms with Crippen molar-refractivity contribution in [2.45, 2.75) is 25.4 Å². The summed E-state index contributed by atoms with van der Waals surface area (Å²) in [6.07, 6.45) is 5.36. The number of hydrogen-bond donors (Lipinski definition) is 2. The van der Waals surface area contributed by atoms with Gasteiger partial charge in [0.15, 0.2) is 11.6 Å². The van der Waals surface area contributed by atoms with Gasteiger partial charge in [0, 0.05) is 55.0 Å². The number of nitrogens with one attached hydrogen (secondary N) is 2. The van der Waals surface area contributed by atoms with Gasteiger partial charge in [-0.15, -0.1) is 11.3 Å². The van der Waals surface area contributed by atoms with Crippen molar-refractivity contribution in [3.63, 3.8) is 0 Å². The summed E-state index contributed by atoms with van der Waals surface area (Å²) in [5, 5.41) is 18.1. The summed E-state index contributed by atoms with van der Waals surface area (Å²) in [5.41, 5.74) is 3.73. The average molecular weight is 575 g/mol. The Hall–Kier alpha value is -4.42.